The average molecular weight is 282 g/mol. The van der Waals surface area contributed by atoms with Gasteiger partial charge in [0.25, 0.3) is 0 Å². The number of hydrogen-bond acceptors (Lipinski definition) is 4. The van der Waals surface area contributed by atoms with Gasteiger partial charge in [-0.2, -0.15) is 0 Å². The van der Waals surface area contributed by atoms with E-state index in [0.717, 1.165) is 24.7 Å². The molecule has 0 fully saturated rings. The quantitative estimate of drug-likeness (QED) is 0.682. The summed E-state index contributed by atoms with van der Waals surface area (Å²) >= 11 is 0. The van der Waals surface area contributed by atoms with E-state index in [2.05, 4.69) is 10.3 Å². The Bertz CT molecular complexity index is 671. The van der Waals surface area contributed by atoms with E-state index in [9.17, 15) is 23.7 Å². The first-order chi connectivity index (χ1) is 9.45. The SMILES string of the molecule is O=C(Cn1cnc([N+](=O)[O-])c1)Nc1ccc(F)cc1F. The fourth-order valence-corrected chi connectivity index (χ4v) is 1.48. The predicted octanol–water partition coefficient (Wildman–Crippen LogP) is 1.71. The summed E-state index contributed by atoms with van der Waals surface area (Å²) in [5.74, 6) is -2.69. The lowest BCUT2D eigenvalue weighted by Crippen LogP contribution is -2.18. The van der Waals surface area contributed by atoms with Crippen LogP contribution in [0.5, 0.6) is 0 Å². The number of nitrogens with zero attached hydrogens (tertiary/aromatic N) is 3. The van der Waals surface area contributed by atoms with Crippen molar-refractivity contribution in [1.29, 1.82) is 0 Å². The Morgan fingerprint density at radius 1 is 1.45 bits per heavy atom. The molecule has 0 aliphatic carbocycles. The first-order valence-electron chi connectivity index (χ1n) is 5.37. The van der Waals surface area contributed by atoms with E-state index in [0.29, 0.717) is 6.07 Å². The van der Waals surface area contributed by atoms with Gasteiger partial charge in [0, 0.05) is 6.07 Å². The fourth-order valence-electron chi connectivity index (χ4n) is 1.48. The minimum Gasteiger partial charge on any atom is -0.358 e. The van der Waals surface area contributed by atoms with Crippen LogP contribution < -0.4 is 5.32 Å². The summed E-state index contributed by atoms with van der Waals surface area (Å²) in [5.41, 5.74) is -0.175. The minimum absolute atomic E-state index is 0.175. The molecule has 0 atom stereocenters. The summed E-state index contributed by atoms with van der Waals surface area (Å²) in [6.07, 6.45) is 2.18. The molecule has 2 aromatic rings. The van der Waals surface area contributed by atoms with Crippen LogP contribution in [0, 0.1) is 21.7 Å². The third kappa shape index (κ3) is 3.13. The molecule has 0 saturated carbocycles. The standard InChI is InChI=1S/C11H8F2N4O3/c12-7-1-2-9(8(13)3-7)15-11(18)5-16-4-10(14-6-16)17(19)20/h1-4,6H,5H2,(H,15,18). The molecule has 104 valence electrons. The van der Waals surface area contributed by atoms with Gasteiger partial charge in [-0.15, -0.1) is 0 Å². The van der Waals surface area contributed by atoms with Crippen LogP contribution in [0.3, 0.4) is 0 Å². The van der Waals surface area contributed by atoms with E-state index in [1.165, 1.54) is 4.57 Å². The molecule has 20 heavy (non-hydrogen) atoms. The molecule has 0 spiro atoms. The lowest BCUT2D eigenvalue weighted by molar-refractivity contribution is -0.389. The Kier molecular flexibility index (Phi) is 3.69. The number of nitrogens with one attached hydrogen (secondary N) is 1. The van der Waals surface area contributed by atoms with Crippen LogP contribution in [0.2, 0.25) is 0 Å². The molecule has 0 aliphatic heterocycles. The van der Waals surface area contributed by atoms with Crippen LogP contribution in [0.15, 0.2) is 30.7 Å². The molecular formula is C11H8F2N4O3. The van der Waals surface area contributed by atoms with Gasteiger partial charge in [0.2, 0.25) is 12.2 Å². The van der Waals surface area contributed by atoms with Gasteiger partial charge in [-0.25, -0.2) is 8.78 Å². The number of aromatic nitrogens is 2. The number of nitro groups is 1. The van der Waals surface area contributed by atoms with E-state index in [4.69, 9.17) is 0 Å². The maximum Gasteiger partial charge on any atom is 0.381 e. The average Bonchev–Trinajstić information content (AvgIpc) is 2.81. The van der Waals surface area contributed by atoms with Gasteiger partial charge in [-0.05, 0) is 22.0 Å². The molecule has 0 saturated heterocycles. The predicted molar refractivity (Wildman–Crippen MR) is 63.9 cm³/mol. The van der Waals surface area contributed by atoms with Gasteiger partial charge in [0.1, 0.15) is 24.4 Å². The van der Waals surface area contributed by atoms with Crippen LogP contribution in [0.4, 0.5) is 20.3 Å². The van der Waals surface area contributed by atoms with Gasteiger partial charge in [-0.1, -0.05) is 0 Å². The molecule has 1 aromatic carbocycles. The van der Waals surface area contributed by atoms with Crippen molar-refractivity contribution in [3.63, 3.8) is 0 Å². The number of carbonyl (C=O) groups excluding carboxylic acids is 1. The molecule has 2 rings (SSSR count). The highest BCUT2D eigenvalue weighted by atomic mass is 19.1. The zero-order chi connectivity index (χ0) is 14.7. The zero-order valence-electron chi connectivity index (χ0n) is 9.92. The van der Waals surface area contributed by atoms with Crippen LogP contribution in [-0.2, 0) is 11.3 Å². The summed E-state index contributed by atoms with van der Waals surface area (Å²) in [7, 11) is 0. The Balaban J connectivity index is 2.03. The topological polar surface area (TPSA) is 90.1 Å². The third-order valence-corrected chi connectivity index (χ3v) is 2.34. The molecule has 9 heteroatoms. The molecule has 0 bridgehead atoms. The molecule has 7 nitrogen and oxygen atoms in total. The first-order valence-corrected chi connectivity index (χ1v) is 5.37. The van der Waals surface area contributed by atoms with E-state index >= 15 is 0 Å². The second-order valence-corrected chi connectivity index (χ2v) is 3.83. The van der Waals surface area contributed by atoms with Crippen molar-refractivity contribution in [2.75, 3.05) is 5.32 Å². The molecule has 0 aliphatic rings. The van der Waals surface area contributed by atoms with Gasteiger partial charge in [0.05, 0.1) is 5.69 Å². The number of rotatable bonds is 4. The van der Waals surface area contributed by atoms with Crippen molar-refractivity contribution in [1.82, 2.24) is 9.55 Å². The third-order valence-electron chi connectivity index (χ3n) is 2.34. The Morgan fingerprint density at radius 2 is 2.20 bits per heavy atom. The summed E-state index contributed by atoms with van der Waals surface area (Å²) < 4.78 is 27.2. The van der Waals surface area contributed by atoms with E-state index < -0.39 is 28.3 Å². The number of benzene rings is 1. The smallest absolute Gasteiger partial charge is 0.358 e. The normalized spacial score (nSPS) is 10.3. The monoisotopic (exact) mass is 282 g/mol. The lowest BCUT2D eigenvalue weighted by atomic mass is 10.3. The highest BCUT2D eigenvalue weighted by Crippen LogP contribution is 2.15. The number of carbonyl (C=O) groups is 1. The fraction of sp³-hybridized carbons (Fsp3) is 0.0909. The van der Waals surface area contributed by atoms with Crippen molar-refractivity contribution < 1.29 is 18.5 Å². The second-order valence-electron chi connectivity index (χ2n) is 3.83. The van der Waals surface area contributed by atoms with Crippen molar-refractivity contribution in [3.8, 4) is 0 Å². The van der Waals surface area contributed by atoms with Gasteiger partial charge in [0.15, 0.2) is 0 Å². The van der Waals surface area contributed by atoms with Crippen LogP contribution in [0.1, 0.15) is 0 Å². The Hall–Kier alpha value is -2.84. The summed E-state index contributed by atoms with van der Waals surface area (Å²) in [6, 6.07) is 2.72. The highest BCUT2D eigenvalue weighted by molar-refractivity contribution is 5.90. The first kappa shape index (κ1) is 13.6. The number of anilines is 1. The van der Waals surface area contributed by atoms with Crippen molar-refractivity contribution in [3.05, 3.63) is 52.5 Å². The maximum atomic E-state index is 13.3. The molecule has 0 unspecified atom stereocenters. The number of hydrogen-bond donors (Lipinski definition) is 1. The lowest BCUT2D eigenvalue weighted by Gasteiger charge is -2.06. The molecule has 1 amide bonds. The second kappa shape index (κ2) is 5.43. The largest absolute Gasteiger partial charge is 0.381 e. The Labute approximate surface area is 111 Å². The van der Waals surface area contributed by atoms with Crippen LogP contribution in [0.25, 0.3) is 0 Å². The van der Waals surface area contributed by atoms with Gasteiger partial charge < -0.3 is 20.0 Å². The highest BCUT2D eigenvalue weighted by Gasteiger charge is 2.13. The van der Waals surface area contributed by atoms with E-state index in [1.54, 1.807) is 0 Å². The number of imidazole rings is 1. The van der Waals surface area contributed by atoms with Crippen molar-refractivity contribution in [2.24, 2.45) is 0 Å². The zero-order valence-corrected chi connectivity index (χ0v) is 9.92. The van der Waals surface area contributed by atoms with E-state index in [1.807, 2.05) is 0 Å². The molecule has 1 N–H and O–H groups in total. The van der Waals surface area contributed by atoms with Gasteiger partial charge in [-0.3, -0.25) is 4.79 Å². The Morgan fingerprint density at radius 3 is 2.80 bits per heavy atom. The number of amides is 1. The van der Waals surface area contributed by atoms with Crippen molar-refractivity contribution >= 4 is 17.4 Å². The minimum atomic E-state index is -0.907. The summed E-state index contributed by atoms with van der Waals surface area (Å²) in [4.78, 5) is 24.8. The maximum absolute atomic E-state index is 13.3. The number of halogens is 2. The molecule has 1 aromatic heterocycles. The van der Waals surface area contributed by atoms with Gasteiger partial charge >= 0.3 is 5.82 Å². The van der Waals surface area contributed by atoms with Crippen LogP contribution in [-0.4, -0.2) is 20.4 Å². The molecule has 0 radical (unpaired) electrons. The van der Waals surface area contributed by atoms with E-state index in [-0.39, 0.29) is 12.2 Å². The summed E-state index contributed by atoms with van der Waals surface area (Å²) in [6.45, 7) is -0.280. The molecule has 1 heterocycles. The van der Waals surface area contributed by atoms with Crippen molar-refractivity contribution in [2.45, 2.75) is 6.54 Å². The summed E-state index contributed by atoms with van der Waals surface area (Å²) in [5, 5.41) is 12.6. The van der Waals surface area contributed by atoms with Crippen LogP contribution >= 0.6 is 0 Å². The molecular weight excluding hydrogens is 274 g/mol.